The van der Waals surface area contributed by atoms with Gasteiger partial charge in [-0.3, -0.25) is 4.99 Å². The largest absolute Gasteiger partial charge is 0.392 e. The Bertz CT molecular complexity index is 408. The quantitative estimate of drug-likeness (QED) is 0.163. The highest BCUT2D eigenvalue weighted by atomic mass is 16.3. The van der Waals surface area contributed by atoms with Crippen molar-refractivity contribution in [1.29, 1.82) is 0 Å². The summed E-state index contributed by atoms with van der Waals surface area (Å²) in [5.74, 6) is 1.24. The minimum Gasteiger partial charge on any atom is -0.392 e. The van der Waals surface area contributed by atoms with Crippen LogP contribution >= 0.6 is 0 Å². The van der Waals surface area contributed by atoms with Gasteiger partial charge in [0.05, 0.1) is 18.5 Å². The minimum atomic E-state index is -0.252. The second-order valence-electron chi connectivity index (χ2n) is 10.1. The Morgan fingerprint density at radius 3 is 1.45 bits per heavy atom. The van der Waals surface area contributed by atoms with Gasteiger partial charge in [0.1, 0.15) is 0 Å². The molecule has 0 aliphatic carbocycles. The number of hydrogen-bond acceptors (Lipinski definition) is 3. The highest BCUT2D eigenvalue weighted by Gasteiger charge is 2.17. The van der Waals surface area contributed by atoms with E-state index >= 15 is 0 Å². The maximum absolute atomic E-state index is 9.57. The lowest BCUT2D eigenvalue weighted by molar-refractivity contribution is 0.162. The van der Waals surface area contributed by atoms with Crippen LogP contribution in [0.1, 0.15) is 149 Å². The van der Waals surface area contributed by atoms with E-state index in [4.69, 9.17) is 0 Å². The summed E-state index contributed by atoms with van der Waals surface area (Å²) in [6, 6.07) is 0. The van der Waals surface area contributed by atoms with Crippen LogP contribution in [-0.2, 0) is 0 Å². The summed E-state index contributed by atoms with van der Waals surface area (Å²) in [6.07, 6.45) is 29.5. The first kappa shape index (κ1) is 28.5. The molecule has 1 atom stereocenters. The maximum Gasteiger partial charge on any atom is 0.0991 e. The van der Waals surface area contributed by atoms with Gasteiger partial charge in [-0.05, 0) is 13.3 Å². The molecule has 3 heteroatoms. The summed E-state index contributed by atoms with van der Waals surface area (Å²) in [4.78, 5) is 6.90. The van der Waals surface area contributed by atoms with Crippen molar-refractivity contribution in [3.05, 3.63) is 0 Å². The Labute approximate surface area is 195 Å². The van der Waals surface area contributed by atoms with Gasteiger partial charge in [0.15, 0.2) is 0 Å². The Balaban J connectivity index is 1.73. The maximum atomic E-state index is 9.57. The van der Waals surface area contributed by atoms with Crippen LogP contribution in [0.3, 0.4) is 0 Å². The molecule has 184 valence electrons. The topological polar surface area (TPSA) is 35.8 Å². The van der Waals surface area contributed by atoms with E-state index in [2.05, 4.69) is 16.8 Å². The summed E-state index contributed by atoms with van der Waals surface area (Å²) < 4.78 is 0. The number of aliphatic imine (C=N–C) groups is 1. The molecule has 0 saturated heterocycles. The lowest BCUT2D eigenvalue weighted by Gasteiger charge is -2.21. The Morgan fingerprint density at radius 1 is 0.677 bits per heavy atom. The van der Waals surface area contributed by atoms with E-state index in [-0.39, 0.29) is 6.10 Å². The van der Waals surface area contributed by atoms with E-state index in [1.54, 1.807) is 0 Å². The second-order valence-corrected chi connectivity index (χ2v) is 10.1. The first-order valence-corrected chi connectivity index (χ1v) is 14.2. The van der Waals surface area contributed by atoms with E-state index in [1.807, 2.05) is 6.92 Å². The van der Waals surface area contributed by atoms with Crippen molar-refractivity contribution in [2.75, 3.05) is 19.6 Å². The van der Waals surface area contributed by atoms with Gasteiger partial charge in [-0.1, -0.05) is 129 Å². The predicted molar refractivity (Wildman–Crippen MR) is 138 cm³/mol. The number of rotatable bonds is 23. The molecule has 0 aromatic carbocycles. The first-order valence-electron chi connectivity index (χ1n) is 14.2. The zero-order valence-electron chi connectivity index (χ0n) is 21.4. The highest BCUT2D eigenvalue weighted by molar-refractivity contribution is 5.83. The van der Waals surface area contributed by atoms with Gasteiger partial charge in [0.25, 0.3) is 0 Å². The van der Waals surface area contributed by atoms with Crippen molar-refractivity contribution in [2.24, 2.45) is 4.99 Å². The molecule has 0 bridgehead atoms. The predicted octanol–water partition coefficient (Wildman–Crippen LogP) is 8.29. The SMILES string of the molecule is CCCCCCCCCCCCCCCCCCCCCCC1=NCCN1CC(C)O. The third-order valence-electron chi connectivity index (χ3n) is 6.77. The average Bonchev–Trinajstić information content (AvgIpc) is 3.18. The molecule has 0 amide bonds. The summed E-state index contributed by atoms with van der Waals surface area (Å²) >= 11 is 0. The van der Waals surface area contributed by atoms with Crippen LogP contribution in [0.25, 0.3) is 0 Å². The lowest BCUT2D eigenvalue weighted by Crippen LogP contribution is -2.34. The summed E-state index contributed by atoms with van der Waals surface area (Å²) in [5, 5.41) is 9.57. The molecule has 0 saturated carbocycles. The van der Waals surface area contributed by atoms with Crippen LogP contribution in [0, 0.1) is 0 Å². The third kappa shape index (κ3) is 17.6. The van der Waals surface area contributed by atoms with Crippen LogP contribution in [0.2, 0.25) is 0 Å². The standard InChI is InChI=1S/C28H56N2O/c1-3-4-5-6-7-8-9-10-11-12-13-14-15-16-17-18-19-20-21-22-23-28-29-24-25-30(28)26-27(2)31/h27,31H,3-26H2,1-2H3. The van der Waals surface area contributed by atoms with E-state index in [9.17, 15) is 5.11 Å². The number of nitrogens with zero attached hydrogens (tertiary/aromatic N) is 2. The zero-order valence-corrected chi connectivity index (χ0v) is 21.4. The van der Waals surface area contributed by atoms with Crippen LogP contribution in [-0.4, -0.2) is 41.6 Å². The fourth-order valence-corrected chi connectivity index (χ4v) is 4.82. The van der Waals surface area contributed by atoms with Gasteiger partial charge in [-0.25, -0.2) is 0 Å². The monoisotopic (exact) mass is 436 g/mol. The molecule has 0 radical (unpaired) electrons. The number of aliphatic hydroxyl groups excluding tert-OH is 1. The molecule has 0 fully saturated rings. The Kier molecular flexibility index (Phi) is 19.5. The van der Waals surface area contributed by atoms with E-state index < -0.39 is 0 Å². The summed E-state index contributed by atoms with van der Waals surface area (Å²) in [5.41, 5.74) is 0. The van der Waals surface area contributed by atoms with Gasteiger partial charge in [0.2, 0.25) is 0 Å². The molecule has 3 nitrogen and oxygen atoms in total. The van der Waals surface area contributed by atoms with Gasteiger partial charge in [-0.2, -0.15) is 0 Å². The van der Waals surface area contributed by atoms with E-state index in [0.29, 0.717) is 0 Å². The molecular formula is C28H56N2O. The van der Waals surface area contributed by atoms with Gasteiger partial charge >= 0.3 is 0 Å². The summed E-state index contributed by atoms with van der Waals surface area (Å²) in [6.45, 7) is 6.83. The van der Waals surface area contributed by atoms with E-state index in [1.165, 1.54) is 134 Å². The molecule has 0 spiro atoms. The fraction of sp³-hybridized carbons (Fsp3) is 0.964. The average molecular weight is 437 g/mol. The van der Waals surface area contributed by atoms with Gasteiger partial charge < -0.3 is 10.0 Å². The molecule has 1 N–H and O–H groups in total. The number of unbranched alkanes of at least 4 members (excludes halogenated alkanes) is 19. The van der Waals surface area contributed by atoms with Gasteiger partial charge in [0, 0.05) is 19.5 Å². The van der Waals surface area contributed by atoms with Gasteiger partial charge in [-0.15, -0.1) is 0 Å². The number of hydrogen-bond donors (Lipinski definition) is 1. The van der Waals surface area contributed by atoms with Crippen molar-refractivity contribution in [3.8, 4) is 0 Å². The number of amidine groups is 1. The number of β-amino-alcohol motifs (C(OH)–C–C–N with tert-alkyl or cyclic N) is 1. The fourth-order valence-electron chi connectivity index (χ4n) is 4.82. The van der Waals surface area contributed by atoms with Crippen molar-refractivity contribution in [2.45, 2.75) is 155 Å². The molecule has 1 heterocycles. The zero-order chi connectivity index (χ0) is 22.4. The number of aliphatic hydroxyl groups is 1. The Morgan fingerprint density at radius 2 is 1.06 bits per heavy atom. The lowest BCUT2D eigenvalue weighted by atomic mass is 10.0. The van der Waals surface area contributed by atoms with Crippen molar-refractivity contribution >= 4 is 5.84 Å². The molecule has 0 aromatic rings. The normalized spacial score (nSPS) is 14.9. The van der Waals surface area contributed by atoms with E-state index in [0.717, 1.165) is 26.1 Å². The molecule has 1 rings (SSSR count). The highest BCUT2D eigenvalue weighted by Crippen LogP contribution is 2.16. The van der Waals surface area contributed by atoms with Crippen molar-refractivity contribution in [3.63, 3.8) is 0 Å². The molecule has 31 heavy (non-hydrogen) atoms. The molecular weight excluding hydrogens is 380 g/mol. The van der Waals surface area contributed by atoms with Crippen molar-refractivity contribution < 1.29 is 5.11 Å². The van der Waals surface area contributed by atoms with Crippen LogP contribution in [0.15, 0.2) is 4.99 Å². The van der Waals surface area contributed by atoms with Crippen molar-refractivity contribution in [1.82, 2.24) is 4.90 Å². The molecule has 1 unspecified atom stereocenters. The second kappa shape index (κ2) is 21.3. The molecule has 1 aliphatic rings. The first-order chi connectivity index (χ1) is 15.2. The minimum absolute atomic E-state index is 0.252. The van der Waals surface area contributed by atoms with Crippen LogP contribution in [0.5, 0.6) is 0 Å². The van der Waals surface area contributed by atoms with Crippen LogP contribution in [0.4, 0.5) is 0 Å². The third-order valence-corrected chi connectivity index (χ3v) is 6.77. The van der Waals surface area contributed by atoms with Crippen LogP contribution < -0.4 is 0 Å². The molecule has 0 aromatic heterocycles. The Hall–Kier alpha value is -0.570. The molecule has 1 aliphatic heterocycles. The smallest absolute Gasteiger partial charge is 0.0991 e. The summed E-state index contributed by atoms with van der Waals surface area (Å²) in [7, 11) is 0.